The predicted octanol–water partition coefficient (Wildman–Crippen LogP) is 5.83. The second-order valence-electron chi connectivity index (χ2n) is 7.95. The third kappa shape index (κ3) is 4.71. The Kier molecular flexibility index (Phi) is 6.44. The normalized spacial score (nSPS) is 15.0. The molecule has 3 aromatic rings. The Hall–Kier alpha value is -2.72. The average molecular weight is 407 g/mol. The number of rotatable bonds is 6. The Morgan fingerprint density at radius 3 is 1.67 bits per heavy atom. The summed E-state index contributed by atoms with van der Waals surface area (Å²) in [6, 6.07) is 22.2. The monoisotopic (exact) mass is 406 g/mol. The maximum atomic E-state index is 13.5. The largest absolute Gasteiger partial charge is 0.369 e. The molecule has 0 aliphatic carbocycles. The van der Waals surface area contributed by atoms with Crippen molar-refractivity contribution in [2.45, 2.75) is 25.8 Å². The van der Waals surface area contributed by atoms with Crippen LogP contribution in [0.4, 0.5) is 14.5 Å². The van der Waals surface area contributed by atoms with Crippen LogP contribution in [0.25, 0.3) is 0 Å². The lowest BCUT2D eigenvalue weighted by molar-refractivity contribution is 0.212. The van der Waals surface area contributed by atoms with Crippen LogP contribution in [-0.2, 0) is 6.42 Å². The topological polar surface area (TPSA) is 6.48 Å². The molecular weight excluding hydrogens is 378 g/mol. The highest BCUT2D eigenvalue weighted by Crippen LogP contribution is 2.31. The van der Waals surface area contributed by atoms with Crippen molar-refractivity contribution < 1.29 is 8.78 Å². The van der Waals surface area contributed by atoms with Gasteiger partial charge in [-0.05, 0) is 59.5 Å². The van der Waals surface area contributed by atoms with Gasteiger partial charge in [-0.25, -0.2) is 8.78 Å². The number of halogens is 2. The third-order valence-electron chi connectivity index (χ3n) is 5.89. The van der Waals surface area contributed by atoms with Crippen LogP contribution >= 0.6 is 0 Å². The van der Waals surface area contributed by atoms with E-state index in [9.17, 15) is 8.78 Å². The number of hydrogen-bond donors (Lipinski definition) is 0. The second-order valence-corrected chi connectivity index (χ2v) is 7.95. The van der Waals surface area contributed by atoms with Gasteiger partial charge in [-0.15, -0.1) is 0 Å². The van der Waals surface area contributed by atoms with Crippen molar-refractivity contribution in [3.63, 3.8) is 0 Å². The van der Waals surface area contributed by atoms with Crippen LogP contribution in [0.5, 0.6) is 0 Å². The Labute approximate surface area is 177 Å². The molecule has 156 valence electrons. The molecule has 4 heteroatoms. The highest BCUT2D eigenvalue weighted by atomic mass is 19.1. The molecule has 1 heterocycles. The molecule has 1 fully saturated rings. The van der Waals surface area contributed by atoms with E-state index < -0.39 is 0 Å². The first-order valence-electron chi connectivity index (χ1n) is 10.7. The first-order valence-corrected chi connectivity index (χ1v) is 10.7. The van der Waals surface area contributed by atoms with Gasteiger partial charge in [0.2, 0.25) is 0 Å². The second kappa shape index (κ2) is 9.40. The molecule has 0 radical (unpaired) electrons. The van der Waals surface area contributed by atoms with Crippen LogP contribution in [0.1, 0.15) is 36.1 Å². The lowest BCUT2D eigenvalue weighted by atomic mass is 9.96. The lowest BCUT2D eigenvalue weighted by Crippen LogP contribution is -2.48. The number of nitrogens with zero attached hydrogens (tertiary/aromatic N) is 2. The first kappa shape index (κ1) is 20.5. The molecule has 0 atom stereocenters. The molecular formula is C26H28F2N2. The number of piperazine rings is 1. The van der Waals surface area contributed by atoms with E-state index >= 15 is 0 Å². The van der Waals surface area contributed by atoms with E-state index in [-0.39, 0.29) is 17.7 Å². The molecule has 0 spiro atoms. The SMILES string of the molecule is CCCc1ccc(N2CCN(C(c3ccc(F)cc3)c3ccc(F)cc3)CC2)cc1. The van der Waals surface area contributed by atoms with Gasteiger partial charge in [0, 0.05) is 31.9 Å². The summed E-state index contributed by atoms with van der Waals surface area (Å²) in [4.78, 5) is 4.82. The number of benzene rings is 3. The van der Waals surface area contributed by atoms with Gasteiger partial charge >= 0.3 is 0 Å². The molecule has 0 N–H and O–H groups in total. The van der Waals surface area contributed by atoms with Crippen molar-refractivity contribution in [1.29, 1.82) is 0 Å². The summed E-state index contributed by atoms with van der Waals surface area (Å²) in [6.45, 7) is 5.82. The third-order valence-corrected chi connectivity index (χ3v) is 5.89. The van der Waals surface area contributed by atoms with E-state index in [1.165, 1.54) is 35.5 Å². The summed E-state index contributed by atoms with van der Waals surface area (Å²) >= 11 is 0. The van der Waals surface area contributed by atoms with E-state index in [0.29, 0.717) is 0 Å². The summed E-state index contributed by atoms with van der Waals surface area (Å²) in [5.41, 5.74) is 4.70. The van der Waals surface area contributed by atoms with Crippen molar-refractivity contribution in [3.05, 3.63) is 101 Å². The Morgan fingerprint density at radius 2 is 1.20 bits per heavy atom. The average Bonchev–Trinajstić information content (AvgIpc) is 2.78. The predicted molar refractivity (Wildman–Crippen MR) is 119 cm³/mol. The van der Waals surface area contributed by atoms with Gasteiger partial charge in [0.05, 0.1) is 6.04 Å². The van der Waals surface area contributed by atoms with Crippen LogP contribution in [0, 0.1) is 11.6 Å². The number of anilines is 1. The Morgan fingerprint density at radius 1 is 0.700 bits per heavy atom. The highest BCUT2D eigenvalue weighted by molar-refractivity contribution is 5.48. The molecule has 0 saturated carbocycles. The van der Waals surface area contributed by atoms with E-state index in [2.05, 4.69) is 41.0 Å². The zero-order valence-electron chi connectivity index (χ0n) is 17.4. The zero-order chi connectivity index (χ0) is 20.9. The van der Waals surface area contributed by atoms with Crippen LogP contribution in [-0.4, -0.2) is 31.1 Å². The van der Waals surface area contributed by atoms with Crippen LogP contribution in [0.3, 0.4) is 0 Å². The van der Waals surface area contributed by atoms with Crippen LogP contribution < -0.4 is 4.90 Å². The van der Waals surface area contributed by atoms with Crippen LogP contribution in [0.15, 0.2) is 72.8 Å². The molecule has 0 unspecified atom stereocenters. The highest BCUT2D eigenvalue weighted by Gasteiger charge is 2.26. The molecule has 1 aliphatic heterocycles. The number of hydrogen-bond acceptors (Lipinski definition) is 2. The van der Waals surface area contributed by atoms with Gasteiger partial charge in [-0.3, -0.25) is 4.90 Å². The summed E-state index contributed by atoms with van der Waals surface area (Å²) < 4.78 is 27.0. The summed E-state index contributed by atoms with van der Waals surface area (Å²) in [5.74, 6) is -0.485. The van der Waals surface area contributed by atoms with Crippen molar-refractivity contribution in [3.8, 4) is 0 Å². The van der Waals surface area contributed by atoms with Gasteiger partial charge in [-0.1, -0.05) is 49.7 Å². The zero-order valence-corrected chi connectivity index (χ0v) is 17.4. The Balaban J connectivity index is 1.51. The first-order chi connectivity index (χ1) is 14.6. The van der Waals surface area contributed by atoms with E-state index in [1.54, 1.807) is 0 Å². The molecule has 2 nitrogen and oxygen atoms in total. The molecule has 4 rings (SSSR count). The van der Waals surface area contributed by atoms with E-state index in [1.807, 2.05) is 24.3 Å². The minimum absolute atomic E-state index is 0.0136. The fraction of sp³-hybridized carbons (Fsp3) is 0.308. The molecule has 0 bridgehead atoms. The smallest absolute Gasteiger partial charge is 0.123 e. The minimum atomic E-state index is -0.243. The van der Waals surface area contributed by atoms with Crippen molar-refractivity contribution >= 4 is 5.69 Å². The van der Waals surface area contributed by atoms with Gasteiger partial charge in [0.1, 0.15) is 11.6 Å². The quantitative estimate of drug-likeness (QED) is 0.508. The lowest BCUT2D eigenvalue weighted by Gasteiger charge is -2.40. The van der Waals surface area contributed by atoms with Crippen LogP contribution in [0.2, 0.25) is 0 Å². The Bertz CT molecular complexity index is 883. The van der Waals surface area contributed by atoms with Gasteiger partial charge < -0.3 is 4.90 Å². The summed E-state index contributed by atoms with van der Waals surface area (Å²) in [6.07, 6.45) is 2.28. The molecule has 1 aliphatic rings. The molecule has 0 amide bonds. The van der Waals surface area contributed by atoms with E-state index in [0.717, 1.165) is 50.1 Å². The molecule has 3 aromatic carbocycles. The fourth-order valence-corrected chi connectivity index (χ4v) is 4.30. The standard InChI is InChI=1S/C26H28F2N2/c1-2-3-20-4-14-25(15-5-20)29-16-18-30(19-17-29)26(21-6-10-23(27)11-7-21)22-8-12-24(28)13-9-22/h4-15,26H,2-3,16-19H2,1H3. The van der Waals surface area contributed by atoms with Gasteiger partial charge in [0.25, 0.3) is 0 Å². The molecule has 0 aromatic heterocycles. The minimum Gasteiger partial charge on any atom is -0.369 e. The van der Waals surface area contributed by atoms with Gasteiger partial charge in [0.15, 0.2) is 0 Å². The molecule has 30 heavy (non-hydrogen) atoms. The van der Waals surface area contributed by atoms with E-state index in [4.69, 9.17) is 0 Å². The maximum Gasteiger partial charge on any atom is 0.123 e. The van der Waals surface area contributed by atoms with Gasteiger partial charge in [-0.2, -0.15) is 0 Å². The number of aryl methyl sites for hydroxylation is 1. The molecule has 1 saturated heterocycles. The van der Waals surface area contributed by atoms with Crippen molar-refractivity contribution in [2.24, 2.45) is 0 Å². The summed E-state index contributed by atoms with van der Waals surface area (Å²) in [7, 11) is 0. The van der Waals surface area contributed by atoms with Crippen molar-refractivity contribution in [1.82, 2.24) is 4.90 Å². The maximum absolute atomic E-state index is 13.5. The fourth-order valence-electron chi connectivity index (χ4n) is 4.30. The van der Waals surface area contributed by atoms with Crippen molar-refractivity contribution in [2.75, 3.05) is 31.1 Å². The summed E-state index contributed by atoms with van der Waals surface area (Å²) in [5, 5.41) is 0.